The van der Waals surface area contributed by atoms with Crippen molar-refractivity contribution in [3.05, 3.63) is 65.5 Å². The first-order chi connectivity index (χ1) is 18.6. The van der Waals surface area contributed by atoms with Crippen molar-refractivity contribution < 1.29 is 33.0 Å². The number of carbonyl (C=O) groups is 2. The average molecular weight is 542 g/mol. The van der Waals surface area contributed by atoms with Gasteiger partial charge in [0.2, 0.25) is 5.91 Å². The summed E-state index contributed by atoms with van der Waals surface area (Å²) < 4.78 is 40.6. The average Bonchev–Trinajstić information content (AvgIpc) is 3.40. The van der Waals surface area contributed by atoms with Crippen molar-refractivity contribution in [2.45, 2.75) is 50.4 Å². The van der Waals surface area contributed by atoms with Crippen LogP contribution in [0, 0.1) is 0 Å². The minimum absolute atomic E-state index is 0.142. The van der Waals surface area contributed by atoms with Crippen LogP contribution in [-0.4, -0.2) is 55.8 Å². The number of aliphatic hydroxyl groups is 1. The lowest BCUT2D eigenvalue weighted by atomic mass is 9.88. The van der Waals surface area contributed by atoms with E-state index in [2.05, 4.69) is 20.6 Å². The van der Waals surface area contributed by atoms with Crippen LogP contribution in [0.3, 0.4) is 0 Å². The molecule has 2 aromatic carbocycles. The van der Waals surface area contributed by atoms with Gasteiger partial charge in [0.1, 0.15) is 18.2 Å². The Hall–Kier alpha value is -4.19. The van der Waals surface area contributed by atoms with Gasteiger partial charge in [0.05, 0.1) is 23.0 Å². The number of carboxylic acid groups (broad SMARTS) is 1. The van der Waals surface area contributed by atoms with Gasteiger partial charge in [-0.3, -0.25) is 9.69 Å². The maximum absolute atomic E-state index is 13.5. The Morgan fingerprint density at radius 2 is 1.87 bits per heavy atom. The Morgan fingerprint density at radius 1 is 1.05 bits per heavy atom. The second kappa shape index (κ2) is 10.5. The molecule has 0 saturated carbocycles. The summed E-state index contributed by atoms with van der Waals surface area (Å²) in [5.41, 5.74) is 2.21. The summed E-state index contributed by atoms with van der Waals surface area (Å²) in [6.45, 7) is 0.171. The van der Waals surface area contributed by atoms with E-state index in [4.69, 9.17) is 0 Å². The third-order valence-electron chi connectivity index (χ3n) is 7.07. The van der Waals surface area contributed by atoms with Crippen molar-refractivity contribution in [1.82, 2.24) is 14.9 Å². The van der Waals surface area contributed by atoms with Crippen LogP contribution in [0.2, 0.25) is 0 Å². The molecule has 1 aromatic heterocycles. The lowest BCUT2D eigenvalue weighted by molar-refractivity contribution is -0.137. The number of hydrogen-bond donors (Lipinski definition) is 4. The van der Waals surface area contributed by atoms with Crippen LogP contribution < -0.4 is 10.6 Å². The molecule has 3 aromatic rings. The van der Waals surface area contributed by atoms with Gasteiger partial charge in [-0.25, -0.2) is 14.8 Å². The molecule has 0 spiro atoms. The van der Waals surface area contributed by atoms with E-state index in [1.54, 1.807) is 6.07 Å². The molecule has 1 unspecified atom stereocenters. The normalized spacial score (nSPS) is 18.9. The number of hydrogen-bond acceptors (Lipinski definition) is 6. The van der Waals surface area contributed by atoms with E-state index in [9.17, 15) is 33.0 Å². The number of alkyl halides is 3. The number of fused-ring (bicyclic) bond motifs is 1. The van der Waals surface area contributed by atoms with Gasteiger partial charge < -0.3 is 20.8 Å². The second-order valence-corrected chi connectivity index (χ2v) is 9.63. The van der Waals surface area contributed by atoms with Crippen molar-refractivity contribution in [3.8, 4) is 11.3 Å². The number of carbonyl (C=O) groups excluding carboxylic acids is 1. The molecule has 39 heavy (non-hydrogen) atoms. The van der Waals surface area contributed by atoms with Gasteiger partial charge in [0.15, 0.2) is 0 Å². The van der Waals surface area contributed by atoms with Gasteiger partial charge in [0, 0.05) is 30.3 Å². The predicted molar refractivity (Wildman–Crippen MR) is 137 cm³/mol. The number of aliphatic hydroxyl groups excluding tert-OH is 1. The topological polar surface area (TPSA) is 128 Å². The number of rotatable bonds is 5. The van der Waals surface area contributed by atoms with Gasteiger partial charge in [0.25, 0.3) is 0 Å². The Morgan fingerprint density at radius 3 is 2.64 bits per heavy atom. The largest absolute Gasteiger partial charge is 0.465 e. The summed E-state index contributed by atoms with van der Waals surface area (Å²) >= 11 is 0. The van der Waals surface area contributed by atoms with Crippen LogP contribution in [-0.2, 0) is 23.8 Å². The van der Waals surface area contributed by atoms with Crippen LogP contribution in [0.4, 0.5) is 35.2 Å². The molecule has 2 heterocycles. The van der Waals surface area contributed by atoms with Gasteiger partial charge >= 0.3 is 12.3 Å². The number of amides is 2. The summed E-state index contributed by atoms with van der Waals surface area (Å²) in [7, 11) is 0. The summed E-state index contributed by atoms with van der Waals surface area (Å²) in [6, 6.07) is 9.24. The van der Waals surface area contributed by atoms with E-state index in [1.807, 2.05) is 18.2 Å². The van der Waals surface area contributed by atoms with Crippen LogP contribution in [0.25, 0.3) is 11.3 Å². The predicted octanol–water partition coefficient (Wildman–Crippen LogP) is 4.84. The fraction of sp³-hybridized carbons (Fsp3) is 0.333. The highest BCUT2D eigenvalue weighted by Crippen LogP contribution is 2.37. The summed E-state index contributed by atoms with van der Waals surface area (Å²) in [6.07, 6.45) is -2.46. The molecule has 204 valence electrons. The molecule has 0 radical (unpaired) electrons. The molecule has 5 rings (SSSR count). The lowest BCUT2D eigenvalue weighted by Crippen LogP contribution is -2.42. The Labute approximate surface area is 221 Å². The van der Waals surface area contributed by atoms with Crippen LogP contribution >= 0.6 is 0 Å². The first kappa shape index (κ1) is 26.4. The maximum atomic E-state index is 13.5. The number of halogens is 3. The Kier molecular flexibility index (Phi) is 7.13. The van der Waals surface area contributed by atoms with Crippen molar-refractivity contribution in [3.63, 3.8) is 0 Å². The molecular weight excluding hydrogens is 515 g/mol. The smallest absolute Gasteiger partial charge is 0.416 e. The standard InChI is InChI=1S/C27H26F3N5O4/c28-27(29,30)16-7-9-18(22(11-16)34-25(37)23-5-2-10-35(23)26(38)39)21-13-24(32-14-31-21)33-20-4-1-3-15-6-8-17(36)12-19(15)20/h1,3-4,7,9,11,13-14,17,23,36H,2,5-6,8,10,12H2,(H,34,37)(H,38,39)(H,31,32,33)/t17-,23?/m0/s1. The summed E-state index contributed by atoms with van der Waals surface area (Å²) in [5.74, 6) is -0.337. The first-order valence-corrected chi connectivity index (χ1v) is 12.5. The number of aromatic nitrogens is 2. The molecule has 1 aliphatic heterocycles. The monoisotopic (exact) mass is 541 g/mol. The second-order valence-electron chi connectivity index (χ2n) is 9.63. The minimum atomic E-state index is -4.66. The van der Waals surface area contributed by atoms with Crippen molar-refractivity contribution in [2.75, 3.05) is 17.2 Å². The van der Waals surface area contributed by atoms with Crippen molar-refractivity contribution in [2.24, 2.45) is 0 Å². The molecule has 9 nitrogen and oxygen atoms in total. The van der Waals surface area contributed by atoms with Crippen molar-refractivity contribution in [1.29, 1.82) is 0 Å². The Balaban J connectivity index is 1.47. The number of aryl methyl sites for hydroxylation is 1. The lowest BCUT2D eigenvalue weighted by Gasteiger charge is -2.23. The van der Waals surface area contributed by atoms with E-state index in [0.717, 1.165) is 40.3 Å². The van der Waals surface area contributed by atoms with E-state index in [0.29, 0.717) is 25.1 Å². The zero-order valence-electron chi connectivity index (χ0n) is 20.7. The third kappa shape index (κ3) is 5.65. The number of likely N-dealkylation sites (tertiary alicyclic amines) is 1. The quantitative estimate of drug-likeness (QED) is 0.364. The molecule has 1 saturated heterocycles. The number of anilines is 3. The molecular formula is C27H26F3N5O4. The maximum Gasteiger partial charge on any atom is 0.416 e. The van der Waals surface area contributed by atoms with Crippen molar-refractivity contribution >= 4 is 29.2 Å². The van der Waals surface area contributed by atoms with Gasteiger partial charge in [-0.1, -0.05) is 18.2 Å². The highest BCUT2D eigenvalue weighted by Gasteiger charge is 2.35. The van der Waals surface area contributed by atoms with E-state index >= 15 is 0 Å². The highest BCUT2D eigenvalue weighted by atomic mass is 19.4. The fourth-order valence-electron chi connectivity index (χ4n) is 5.13. The van der Waals surface area contributed by atoms with Crippen LogP contribution in [0.5, 0.6) is 0 Å². The minimum Gasteiger partial charge on any atom is -0.465 e. The molecule has 2 amide bonds. The van der Waals surface area contributed by atoms with E-state index in [1.165, 1.54) is 12.4 Å². The zero-order chi connectivity index (χ0) is 27.7. The highest BCUT2D eigenvalue weighted by molar-refractivity contribution is 6.00. The molecule has 1 fully saturated rings. The molecule has 4 N–H and O–H groups in total. The van der Waals surface area contributed by atoms with Gasteiger partial charge in [-0.15, -0.1) is 0 Å². The summed E-state index contributed by atoms with van der Waals surface area (Å²) in [5, 5.41) is 25.3. The molecule has 0 bridgehead atoms. The van der Waals surface area contributed by atoms with Gasteiger partial charge in [-0.05, 0) is 55.0 Å². The SMILES string of the molecule is O=C(Nc1cc(C(F)(F)F)ccc1-c1cc(Nc2cccc3c2C[C@@H](O)CC3)ncn1)C1CCCN1C(=O)O. The third-order valence-corrected chi connectivity index (χ3v) is 7.07. The number of benzene rings is 2. The van der Waals surface area contributed by atoms with Crippen LogP contribution in [0.15, 0.2) is 48.8 Å². The molecule has 12 heteroatoms. The molecule has 2 atom stereocenters. The summed E-state index contributed by atoms with van der Waals surface area (Å²) in [4.78, 5) is 33.9. The van der Waals surface area contributed by atoms with Gasteiger partial charge in [-0.2, -0.15) is 13.2 Å². The molecule has 2 aliphatic rings. The molecule has 1 aliphatic carbocycles. The number of nitrogens with one attached hydrogen (secondary N) is 2. The fourth-order valence-corrected chi connectivity index (χ4v) is 5.13. The Bertz CT molecular complexity index is 1410. The first-order valence-electron chi connectivity index (χ1n) is 12.5. The number of nitrogens with zero attached hydrogens (tertiary/aromatic N) is 3. The van der Waals surface area contributed by atoms with E-state index in [-0.39, 0.29) is 29.9 Å². The van der Waals surface area contributed by atoms with E-state index < -0.39 is 35.9 Å². The zero-order valence-corrected chi connectivity index (χ0v) is 20.7. The van der Waals surface area contributed by atoms with Crippen LogP contribution in [0.1, 0.15) is 36.0 Å².